The lowest BCUT2D eigenvalue weighted by atomic mass is 9.84. The first kappa shape index (κ1) is 12.8. The molecule has 2 aliphatic heterocycles. The van der Waals surface area contributed by atoms with Crippen LogP contribution in [-0.2, 0) is 9.53 Å². The van der Waals surface area contributed by atoms with E-state index in [0.717, 1.165) is 45.4 Å². The second kappa shape index (κ2) is 4.94. The van der Waals surface area contributed by atoms with Crippen LogP contribution in [0.2, 0.25) is 0 Å². The number of likely N-dealkylation sites (tertiary alicyclic amines) is 1. The minimum absolute atomic E-state index is 0.0752. The first-order valence-corrected chi connectivity index (χ1v) is 6.79. The minimum atomic E-state index is -0.119. The van der Waals surface area contributed by atoms with Gasteiger partial charge in [0.15, 0.2) is 0 Å². The van der Waals surface area contributed by atoms with Gasteiger partial charge < -0.3 is 15.4 Å². The summed E-state index contributed by atoms with van der Waals surface area (Å²) >= 11 is 0. The van der Waals surface area contributed by atoms with Gasteiger partial charge in [-0.15, -0.1) is 0 Å². The molecule has 0 aromatic rings. The molecule has 2 fully saturated rings. The normalized spacial score (nSPS) is 31.4. The van der Waals surface area contributed by atoms with E-state index in [2.05, 4.69) is 13.8 Å². The number of nitrogens with two attached hydrogens (primary N) is 1. The smallest absolute Gasteiger partial charge is 0.228 e. The zero-order valence-corrected chi connectivity index (χ0v) is 10.9. The summed E-state index contributed by atoms with van der Waals surface area (Å²) in [7, 11) is 0. The van der Waals surface area contributed by atoms with Crippen LogP contribution in [0.25, 0.3) is 0 Å². The number of carbonyl (C=O) groups is 1. The predicted molar refractivity (Wildman–Crippen MR) is 66.5 cm³/mol. The SMILES string of the molecule is CCCC1(N)CN(C(=O)C2CCOC2CC)C1. The van der Waals surface area contributed by atoms with Crippen molar-refractivity contribution < 1.29 is 9.53 Å². The van der Waals surface area contributed by atoms with Crippen LogP contribution >= 0.6 is 0 Å². The van der Waals surface area contributed by atoms with Crippen LogP contribution in [0.5, 0.6) is 0 Å². The molecule has 2 aliphatic rings. The van der Waals surface area contributed by atoms with Crippen molar-refractivity contribution in [3.8, 4) is 0 Å². The Hall–Kier alpha value is -0.610. The van der Waals surface area contributed by atoms with Crippen molar-refractivity contribution in [3.63, 3.8) is 0 Å². The summed E-state index contributed by atoms with van der Waals surface area (Å²) in [6.07, 6.45) is 4.02. The Balaban J connectivity index is 1.86. The van der Waals surface area contributed by atoms with Gasteiger partial charge in [-0.2, -0.15) is 0 Å². The Bertz CT molecular complexity index is 287. The predicted octanol–water partition coefficient (Wildman–Crippen LogP) is 1.14. The molecule has 2 heterocycles. The number of rotatable bonds is 4. The molecule has 4 heteroatoms. The lowest BCUT2D eigenvalue weighted by molar-refractivity contribution is -0.145. The average molecular weight is 240 g/mol. The highest BCUT2D eigenvalue weighted by atomic mass is 16.5. The van der Waals surface area contributed by atoms with Gasteiger partial charge in [-0.1, -0.05) is 20.3 Å². The molecule has 0 aliphatic carbocycles. The molecule has 0 aromatic heterocycles. The van der Waals surface area contributed by atoms with Crippen LogP contribution in [0.3, 0.4) is 0 Å². The van der Waals surface area contributed by atoms with E-state index in [0.29, 0.717) is 0 Å². The van der Waals surface area contributed by atoms with Crippen LogP contribution in [0.4, 0.5) is 0 Å². The van der Waals surface area contributed by atoms with E-state index in [4.69, 9.17) is 10.5 Å². The Kier molecular flexibility index (Phi) is 3.73. The third-order valence-electron chi connectivity index (χ3n) is 4.00. The molecule has 2 unspecified atom stereocenters. The highest BCUT2D eigenvalue weighted by Crippen LogP contribution is 2.30. The molecule has 2 rings (SSSR count). The topological polar surface area (TPSA) is 55.6 Å². The third-order valence-corrected chi connectivity index (χ3v) is 4.00. The second-order valence-corrected chi connectivity index (χ2v) is 5.52. The van der Waals surface area contributed by atoms with E-state index in [1.807, 2.05) is 4.90 Å². The molecule has 17 heavy (non-hydrogen) atoms. The van der Waals surface area contributed by atoms with Crippen LogP contribution in [0.1, 0.15) is 39.5 Å². The molecule has 98 valence electrons. The van der Waals surface area contributed by atoms with Gasteiger partial charge in [0.2, 0.25) is 5.91 Å². The van der Waals surface area contributed by atoms with Gasteiger partial charge >= 0.3 is 0 Å². The molecule has 0 bridgehead atoms. The van der Waals surface area contributed by atoms with Gasteiger partial charge in [0.25, 0.3) is 0 Å². The van der Waals surface area contributed by atoms with E-state index in [1.54, 1.807) is 0 Å². The van der Waals surface area contributed by atoms with Crippen molar-refractivity contribution >= 4 is 5.91 Å². The van der Waals surface area contributed by atoms with E-state index < -0.39 is 0 Å². The fraction of sp³-hybridized carbons (Fsp3) is 0.923. The summed E-state index contributed by atoms with van der Waals surface area (Å²) in [6, 6.07) is 0. The fourth-order valence-electron chi connectivity index (χ4n) is 3.09. The van der Waals surface area contributed by atoms with Crippen LogP contribution in [0.15, 0.2) is 0 Å². The molecule has 0 spiro atoms. The van der Waals surface area contributed by atoms with Crippen molar-refractivity contribution in [1.82, 2.24) is 4.90 Å². The monoisotopic (exact) mass is 240 g/mol. The van der Waals surface area contributed by atoms with E-state index >= 15 is 0 Å². The highest BCUT2D eigenvalue weighted by molar-refractivity contribution is 5.81. The lowest BCUT2D eigenvalue weighted by Crippen LogP contribution is -2.69. The average Bonchev–Trinajstić information content (AvgIpc) is 2.73. The van der Waals surface area contributed by atoms with Crippen LogP contribution < -0.4 is 5.73 Å². The van der Waals surface area contributed by atoms with Gasteiger partial charge in [0.05, 0.1) is 17.6 Å². The van der Waals surface area contributed by atoms with Crippen molar-refractivity contribution in [1.29, 1.82) is 0 Å². The lowest BCUT2D eigenvalue weighted by Gasteiger charge is -2.49. The van der Waals surface area contributed by atoms with E-state index in [-0.39, 0.29) is 23.5 Å². The summed E-state index contributed by atoms with van der Waals surface area (Å²) in [5, 5.41) is 0. The van der Waals surface area contributed by atoms with Gasteiger partial charge in [0.1, 0.15) is 0 Å². The van der Waals surface area contributed by atoms with Crippen molar-refractivity contribution in [2.45, 2.75) is 51.2 Å². The number of hydrogen-bond acceptors (Lipinski definition) is 3. The van der Waals surface area contributed by atoms with Crippen LogP contribution in [0, 0.1) is 5.92 Å². The molecule has 1 amide bonds. The number of hydrogen-bond donors (Lipinski definition) is 1. The maximum Gasteiger partial charge on any atom is 0.228 e. The van der Waals surface area contributed by atoms with Gasteiger partial charge in [0, 0.05) is 19.7 Å². The Labute approximate surface area is 103 Å². The van der Waals surface area contributed by atoms with Crippen LogP contribution in [-0.4, -0.2) is 42.1 Å². The molecule has 0 radical (unpaired) electrons. The number of ether oxygens (including phenoxy) is 1. The molecule has 2 atom stereocenters. The zero-order valence-electron chi connectivity index (χ0n) is 10.9. The fourth-order valence-corrected chi connectivity index (χ4v) is 3.09. The summed E-state index contributed by atoms with van der Waals surface area (Å²) in [5.41, 5.74) is 6.06. The van der Waals surface area contributed by atoms with Gasteiger partial charge in [-0.3, -0.25) is 4.79 Å². The number of nitrogens with zero attached hydrogens (tertiary/aromatic N) is 1. The second-order valence-electron chi connectivity index (χ2n) is 5.52. The quantitative estimate of drug-likeness (QED) is 0.801. The van der Waals surface area contributed by atoms with Crippen molar-refractivity contribution in [2.24, 2.45) is 11.7 Å². The standard InChI is InChI=1S/C13H24N2O2/c1-3-6-13(14)8-15(9-13)12(16)10-5-7-17-11(10)4-2/h10-11H,3-9,14H2,1-2H3. The minimum Gasteiger partial charge on any atom is -0.377 e. The van der Waals surface area contributed by atoms with Crippen molar-refractivity contribution in [3.05, 3.63) is 0 Å². The first-order chi connectivity index (χ1) is 8.09. The Morgan fingerprint density at radius 3 is 2.76 bits per heavy atom. The molecule has 0 saturated carbocycles. The molecule has 2 N–H and O–H groups in total. The maximum absolute atomic E-state index is 12.3. The van der Waals surface area contributed by atoms with Gasteiger partial charge in [-0.05, 0) is 19.3 Å². The van der Waals surface area contributed by atoms with E-state index in [1.165, 1.54) is 0 Å². The van der Waals surface area contributed by atoms with E-state index in [9.17, 15) is 4.79 Å². The molecular weight excluding hydrogens is 216 g/mol. The number of amides is 1. The Morgan fingerprint density at radius 1 is 1.47 bits per heavy atom. The van der Waals surface area contributed by atoms with Gasteiger partial charge in [-0.25, -0.2) is 0 Å². The van der Waals surface area contributed by atoms with Crippen molar-refractivity contribution in [2.75, 3.05) is 19.7 Å². The summed E-state index contributed by atoms with van der Waals surface area (Å²) in [5.74, 6) is 0.331. The number of carbonyl (C=O) groups excluding carboxylic acids is 1. The Morgan fingerprint density at radius 2 is 2.18 bits per heavy atom. The highest BCUT2D eigenvalue weighted by Gasteiger charge is 2.45. The molecule has 2 saturated heterocycles. The molecular formula is C13H24N2O2. The largest absolute Gasteiger partial charge is 0.377 e. The first-order valence-electron chi connectivity index (χ1n) is 6.79. The molecule has 0 aromatic carbocycles. The molecule has 4 nitrogen and oxygen atoms in total. The summed E-state index contributed by atoms with van der Waals surface area (Å²) in [6.45, 7) is 6.40. The maximum atomic E-state index is 12.3. The third kappa shape index (κ3) is 2.47. The summed E-state index contributed by atoms with van der Waals surface area (Å²) in [4.78, 5) is 14.2. The zero-order chi connectivity index (χ0) is 12.5. The summed E-state index contributed by atoms with van der Waals surface area (Å²) < 4.78 is 5.58.